The molecule has 4 heteroatoms. The van der Waals surface area contributed by atoms with Crippen LogP contribution >= 0.6 is 0 Å². The Kier molecular flexibility index (Phi) is 6.22. The molecule has 0 aliphatic carbocycles. The maximum absolute atomic E-state index is 5.53. The van der Waals surface area contributed by atoms with Crippen LogP contribution in [0.3, 0.4) is 0 Å². The van der Waals surface area contributed by atoms with E-state index >= 15 is 0 Å². The molecule has 1 aromatic rings. The summed E-state index contributed by atoms with van der Waals surface area (Å²) in [6, 6.07) is 2.55. The molecule has 0 bridgehead atoms. The number of rotatable bonds is 8. The smallest absolute Gasteiger partial charge is 0.0762 e. The predicted molar refractivity (Wildman–Crippen MR) is 69.9 cm³/mol. The van der Waals surface area contributed by atoms with Gasteiger partial charge in [0.05, 0.1) is 18.8 Å². The molecule has 0 atom stereocenters. The summed E-state index contributed by atoms with van der Waals surface area (Å²) in [4.78, 5) is 0. The average Bonchev–Trinajstić information content (AvgIpc) is 2.69. The van der Waals surface area contributed by atoms with Gasteiger partial charge in [0, 0.05) is 25.4 Å². The molecule has 0 aliphatic rings. The van der Waals surface area contributed by atoms with Crippen molar-refractivity contribution in [1.29, 1.82) is 0 Å². The highest BCUT2D eigenvalue weighted by molar-refractivity contribution is 4.98. The van der Waals surface area contributed by atoms with Gasteiger partial charge in [-0.1, -0.05) is 27.7 Å². The van der Waals surface area contributed by atoms with Crippen molar-refractivity contribution in [2.24, 2.45) is 5.92 Å². The minimum Gasteiger partial charge on any atom is -0.379 e. The van der Waals surface area contributed by atoms with Gasteiger partial charge in [-0.2, -0.15) is 5.10 Å². The highest BCUT2D eigenvalue weighted by Crippen LogP contribution is 1.97. The molecule has 4 nitrogen and oxygen atoms in total. The van der Waals surface area contributed by atoms with Crippen molar-refractivity contribution in [1.82, 2.24) is 15.1 Å². The third-order valence-electron chi connectivity index (χ3n) is 2.30. The lowest BCUT2D eigenvalue weighted by Gasteiger charge is -2.07. The molecule has 98 valence electrons. The summed E-state index contributed by atoms with van der Waals surface area (Å²) >= 11 is 0. The van der Waals surface area contributed by atoms with Crippen molar-refractivity contribution in [3.8, 4) is 0 Å². The van der Waals surface area contributed by atoms with Gasteiger partial charge in [0.15, 0.2) is 0 Å². The molecule has 0 radical (unpaired) electrons. The van der Waals surface area contributed by atoms with Crippen LogP contribution in [0.5, 0.6) is 0 Å². The summed E-state index contributed by atoms with van der Waals surface area (Å²) in [5.41, 5.74) is 1.09. The van der Waals surface area contributed by atoms with Crippen LogP contribution in [0.25, 0.3) is 0 Å². The van der Waals surface area contributed by atoms with Gasteiger partial charge in [0.25, 0.3) is 0 Å². The summed E-state index contributed by atoms with van der Waals surface area (Å²) < 4.78 is 7.47. The molecular formula is C13H25N3O. The van der Waals surface area contributed by atoms with Gasteiger partial charge in [-0.3, -0.25) is 4.68 Å². The zero-order valence-electron chi connectivity index (χ0n) is 11.4. The molecular weight excluding hydrogens is 214 g/mol. The fourth-order valence-corrected chi connectivity index (χ4v) is 1.41. The largest absolute Gasteiger partial charge is 0.379 e. The molecule has 1 aromatic heterocycles. The van der Waals surface area contributed by atoms with Crippen molar-refractivity contribution in [3.63, 3.8) is 0 Å². The highest BCUT2D eigenvalue weighted by atomic mass is 16.5. The summed E-state index contributed by atoms with van der Waals surface area (Å²) in [6.45, 7) is 11.8. The number of ether oxygens (including phenoxy) is 1. The average molecular weight is 239 g/mol. The number of nitrogens with one attached hydrogen (secondary N) is 1. The Bertz CT molecular complexity index is 307. The second kappa shape index (κ2) is 7.45. The Morgan fingerprint density at radius 2 is 2.12 bits per heavy atom. The van der Waals surface area contributed by atoms with Crippen molar-refractivity contribution < 1.29 is 4.74 Å². The maximum Gasteiger partial charge on any atom is 0.0762 e. The molecule has 17 heavy (non-hydrogen) atoms. The van der Waals surface area contributed by atoms with Crippen LogP contribution in [0.4, 0.5) is 0 Å². The van der Waals surface area contributed by atoms with Gasteiger partial charge in [0.2, 0.25) is 0 Å². The van der Waals surface area contributed by atoms with Crippen LogP contribution in [0, 0.1) is 5.92 Å². The lowest BCUT2D eigenvalue weighted by atomic mass is 10.2. The van der Waals surface area contributed by atoms with Gasteiger partial charge in [-0.05, 0) is 12.0 Å². The predicted octanol–water partition coefficient (Wildman–Crippen LogP) is 2.05. The molecule has 0 saturated heterocycles. The first kappa shape index (κ1) is 14.2. The molecule has 0 amide bonds. The second-order valence-corrected chi connectivity index (χ2v) is 5.07. The fraction of sp³-hybridized carbons (Fsp3) is 0.769. The van der Waals surface area contributed by atoms with E-state index in [2.05, 4.69) is 44.2 Å². The highest BCUT2D eigenvalue weighted by Gasteiger charge is 2.00. The maximum atomic E-state index is 5.53. The number of hydrogen-bond donors (Lipinski definition) is 1. The van der Waals surface area contributed by atoms with Crippen molar-refractivity contribution in [2.75, 3.05) is 13.2 Å². The van der Waals surface area contributed by atoms with E-state index in [-0.39, 0.29) is 0 Å². The molecule has 0 saturated carbocycles. The monoisotopic (exact) mass is 239 g/mol. The zero-order chi connectivity index (χ0) is 12.7. The molecule has 0 spiro atoms. The Labute approximate surface area is 104 Å². The normalized spacial score (nSPS) is 11.6. The summed E-state index contributed by atoms with van der Waals surface area (Å²) in [5.74, 6) is 0.596. The van der Waals surface area contributed by atoms with Crippen LogP contribution < -0.4 is 5.32 Å². The van der Waals surface area contributed by atoms with Crippen molar-refractivity contribution in [3.05, 3.63) is 18.0 Å². The molecule has 1 N–H and O–H groups in total. The van der Waals surface area contributed by atoms with Crippen molar-refractivity contribution >= 4 is 0 Å². The first-order valence-corrected chi connectivity index (χ1v) is 6.41. The molecule has 0 unspecified atom stereocenters. The Morgan fingerprint density at radius 1 is 1.35 bits per heavy atom. The molecule has 0 fully saturated rings. The molecule has 1 rings (SSSR count). The summed E-state index contributed by atoms with van der Waals surface area (Å²) in [5, 5.41) is 7.82. The fourth-order valence-electron chi connectivity index (χ4n) is 1.41. The minimum absolute atomic E-state index is 0.495. The van der Waals surface area contributed by atoms with E-state index < -0.39 is 0 Å². The van der Waals surface area contributed by atoms with Gasteiger partial charge < -0.3 is 10.1 Å². The summed E-state index contributed by atoms with van der Waals surface area (Å²) in [7, 11) is 0. The third kappa shape index (κ3) is 6.44. The first-order chi connectivity index (χ1) is 8.08. The Balaban J connectivity index is 2.21. The van der Waals surface area contributed by atoms with E-state index in [0.29, 0.717) is 12.0 Å². The zero-order valence-corrected chi connectivity index (χ0v) is 11.4. The van der Waals surface area contributed by atoms with E-state index in [1.807, 2.05) is 10.9 Å². The molecule has 0 aliphatic heterocycles. The second-order valence-electron chi connectivity index (χ2n) is 5.07. The van der Waals surface area contributed by atoms with E-state index in [0.717, 1.165) is 32.0 Å². The molecule has 1 heterocycles. The topological polar surface area (TPSA) is 39.1 Å². The van der Waals surface area contributed by atoms with Crippen LogP contribution in [-0.2, 0) is 17.8 Å². The van der Waals surface area contributed by atoms with Crippen LogP contribution in [0.2, 0.25) is 0 Å². The van der Waals surface area contributed by atoms with E-state index in [4.69, 9.17) is 4.74 Å². The van der Waals surface area contributed by atoms with E-state index in [9.17, 15) is 0 Å². The third-order valence-corrected chi connectivity index (χ3v) is 2.30. The first-order valence-electron chi connectivity index (χ1n) is 6.41. The van der Waals surface area contributed by atoms with Gasteiger partial charge >= 0.3 is 0 Å². The standard InChI is InChI=1S/C13H25N3O/c1-11(2)10-17-8-7-16-6-5-13(15-16)9-14-12(3)4/h5-6,11-12,14H,7-10H2,1-4H3. The quantitative estimate of drug-likeness (QED) is 0.706. The summed E-state index contributed by atoms with van der Waals surface area (Å²) in [6.07, 6.45) is 2.01. The van der Waals surface area contributed by atoms with Gasteiger partial charge in [0.1, 0.15) is 0 Å². The Hall–Kier alpha value is -0.870. The molecule has 0 aromatic carbocycles. The van der Waals surface area contributed by atoms with Crippen LogP contribution in [0.15, 0.2) is 12.3 Å². The minimum atomic E-state index is 0.495. The van der Waals surface area contributed by atoms with Crippen molar-refractivity contribution in [2.45, 2.75) is 46.8 Å². The van der Waals surface area contributed by atoms with Crippen LogP contribution in [0.1, 0.15) is 33.4 Å². The number of aromatic nitrogens is 2. The Morgan fingerprint density at radius 3 is 2.76 bits per heavy atom. The SMILES string of the molecule is CC(C)COCCn1ccc(CNC(C)C)n1. The van der Waals surface area contributed by atoms with Gasteiger partial charge in [-0.15, -0.1) is 0 Å². The number of hydrogen-bond acceptors (Lipinski definition) is 3. The lowest BCUT2D eigenvalue weighted by molar-refractivity contribution is 0.101. The van der Waals surface area contributed by atoms with Crippen LogP contribution in [-0.4, -0.2) is 29.0 Å². The van der Waals surface area contributed by atoms with Gasteiger partial charge in [-0.25, -0.2) is 0 Å². The lowest BCUT2D eigenvalue weighted by Crippen LogP contribution is -2.22. The van der Waals surface area contributed by atoms with E-state index in [1.54, 1.807) is 0 Å². The van der Waals surface area contributed by atoms with E-state index in [1.165, 1.54) is 0 Å². The number of nitrogens with zero attached hydrogens (tertiary/aromatic N) is 2.